The number of nitrogens with zero attached hydrogens (tertiary/aromatic N) is 4. The monoisotopic (exact) mass is 464 g/mol. The summed E-state index contributed by atoms with van der Waals surface area (Å²) in [6.07, 6.45) is 1.91. The molecule has 2 heterocycles. The van der Waals surface area contributed by atoms with E-state index in [1.165, 1.54) is 4.90 Å². The Labute approximate surface area is 203 Å². The number of carbonyl (C=O) groups is 3. The summed E-state index contributed by atoms with van der Waals surface area (Å²) in [7, 11) is 1.67. The Morgan fingerprint density at radius 3 is 2.00 bits per heavy atom. The molecule has 35 heavy (non-hydrogen) atoms. The summed E-state index contributed by atoms with van der Waals surface area (Å²) in [6, 6.07) is 25.2. The molecule has 1 aliphatic heterocycles. The lowest BCUT2D eigenvalue weighted by atomic mass is 10.1. The van der Waals surface area contributed by atoms with Gasteiger partial charge in [0, 0.05) is 30.9 Å². The number of hydrogen-bond donors (Lipinski definition) is 0. The van der Waals surface area contributed by atoms with Crippen LogP contribution in [0.3, 0.4) is 0 Å². The summed E-state index contributed by atoms with van der Waals surface area (Å²) >= 11 is 0. The molecule has 7 heteroatoms. The minimum absolute atomic E-state index is 0.267. The third-order valence-electron chi connectivity index (χ3n) is 6.21. The molecular weight excluding hydrogens is 440 g/mol. The number of rotatable bonds is 6. The number of amides is 3. The molecule has 0 saturated carbocycles. The van der Waals surface area contributed by atoms with Crippen molar-refractivity contribution >= 4 is 17.7 Å². The largest absolute Gasteiger partial charge is 0.339 e. The molecular formula is C28H24N4O3. The molecule has 1 atom stereocenters. The molecule has 4 aromatic rings. The summed E-state index contributed by atoms with van der Waals surface area (Å²) in [5.41, 5.74) is 4.12. The lowest BCUT2D eigenvalue weighted by Gasteiger charge is -2.26. The van der Waals surface area contributed by atoms with Crippen molar-refractivity contribution in [2.75, 3.05) is 7.05 Å². The maximum Gasteiger partial charge on any atom is 0.262 e. The Hall–Kier alpha value is -4.52. The van der Waals surface area contributed by atoms with E-state index in [0.29, 0.717) is 11.1 Å². The highest BCUT2D eigenvalue weighted by Crippen LogP contribution is 2.27. The fourth-order valence-electron chi connectivity index (χ4n) is 4.40. The normalized spacial score (nSPS) is 13.6. The molecule has 1 unspecified atom stereocenters. The van der Waals surface area contributed by atoms with Gasteiger partial charge in [-0.3, -0.25) is 19.3 Å². The van der Waals surface area contributed by atoms with Crippen molar-refractivity contribution in [1.29, 1.82) is 0 Å². The summed E-state index contributed by atoms with van der Waals surface area (Å²) < 4.78 is 1.80. The van der Waals surface area contributed by atoms with E-state index in [2.05, 4.69) is 0 Å². The molecule has 0 fully saturated rings. The van der Waals surface area contributed by atoms with Gasteiger partial charge >= 0.3 is 0 Å². The van der Waals surface area contributed by atoms with Crippen molar-refractivity contribution in [2.45, 2.75) is 19.5 Å². The molecule has 0 spiro atoms. The summed E-state index contributed by atoms with van der Waals surface area (Å²) in [5.74, 6) is -1.21. The van der Waals surface area contributed by atoms with E-state index < -0.39 is 17.9 Å². The van der Waals surface area contributed by atoms with Gasteiger partial charge in [0.25, 0.3) is 11.8 Å². The minimum atomic E-state index is -0.934. The fraction of sp³-hybridized carbons (Fsp3) is 0.143. The van der Waals surface area contributed by atoms with Gasteiger partial charge in [0.2, 0.25) is 5.91 Å². The number of likely N-dealkylation sites (N-methyl/N-ethyl adjacent to an activating group) is 1. The van der Waals surface area contributed by atoms with Crippen LogP contribution in [-0.2, 0) is 11.3 Å². The molecule has 0 radical (unpaired) electrons. The van der Waals surface area contributed by atoms with Crippen LogP contribution in [-0.4, -0.2) is 50.4 Å². The molecule has 3 aromatic carbocycles. The van der Waals surface area contributed by atoms with Crippen LogP contribution >= 0.6 is 0 Å². The van der Waals surface area contributed by atoms with E-state index >= 15 is 0 Å². The molecule has 0 saturated heterocycles. The third kappa shape index (κ3) is 4.01. The van der Waals surface area contributed by atoms with Crippen LogP contribution < -0.4 is 0 Å². The van der Waals surface area contributed by atoms with Crippen LogP contribution in [0.5, 0.6) is 0 Å². The molecule has 7 nitrogen and oxygen atoms in total. The second-order valence-electron chi connectivity index (χ2n) is 8.55. The summed E-state index contributed by atoms with van der Waals surface area (Å²) in [5, 5.41) is 4.80. The van der Waals surface area contributed by atoms with Gasteiger partial charge in [0.15, 0.2) is 0 Å². The summed E-state index contributed by atoms with van der Waals surface area (Å²) in [4.78, 5) is 41.6. The van der Waals surface area contributed by atoms with Gasteiger partial charge < -0.3 is 4.90 Å². The average Bonchev–Trinajstić information content (AvgIpc) is 3.43. The predicted molar refractivity (Wildman–Crippen MR) is 132 cm³/mol. The van der Waals surface area contributed by atoms with Crippen molar-refractivity contribution in [3.05, 3.63) is 108 Å². The highest BCUT2D eigenvalue weighted by Gasteiger charge is 2.41. The molecule has 0 bridgehead atoms. The lowest BCUT2D eigenvalue weighted by molar-refractivity contribution is -0.134. The molecule has 0 N–H and O–H groups in total. The van der Waals surface area contributed by atoms with Gasteiger partial charge in [-0.2, -0.15) is 5.10 Å². The zero-order chi connectivity index (χ0) is 24.5. The van der Waals surface area contributed by atoms with Gasteiger partial charge in [-0.25, -0.2) is 4.68 Å². The smallest absolute Gasteiger partial charge is 0.262 e. The second-order valence-corrected chi connectivity index (χ2v) is 8.55. The van der Waals surface area contributed by atoms with Crippen LogP contribution in [0.25, 0.3) is 16.9 Å². The van der Waals surface area contributed by atoms with Gasteiger partial charge in [0.05, 0.1) is 22.5 Å². The molecule has 1 aromatic heterocycles. The Balaban J connectivity index is 1.42. The van der Waals surface area contributed by atoms with Crippen molar-refractivity contribution in [3.63, 3.8) is 0 Å². The first-order valence-corrected chi connectivity index (χ1v) is 11.4. The quantitative estimate of drug-likeness (QED) is 0.401. The highest BCUT2D eigenvalue weighted by atomic mass is 16.2. The number of hydrogen-bond acceptors (Lipinski definition) is 4. The molecule has 174 valence electrons. The number of carbonyl (C=O) groups excluding carboxylic acids is 3. The highest BCUT2D eigenvalue weighted by molar-refractivity contribution is 6.22. The van der Waals surface area contributed by atoms with Crippen LogP contribution in [0.1, 0.15) is 33.2 Å². The maximum absolute atomic E-state index is 13.4. The van der Waals surface area contributed by atoms with Gasteiger partial charge in [-0.15, -0.1) is 0 Å². The first-order chi connectivity index (χ1) is 17.0. The van der Waals surface area contributed by atoms with Gasteiger partial charge in [-0.1, -0.05) is 60.7 Å². The number of imide groups is 1. The zero-order valence-electron chi connectivity index (χ0n) is 19.5. The standard InChI is InChI=1S/C28H24N4O3/c1-19(32-27(34)23-15-9-10-16-24(23)28(32)35)26(33)30(2)17-21-18-31(22-13-7-4-8-14-22)29-25(21)20-11-5-3-6-12-20/h3-16,18-19H,17H2,1-2H3. The molecule has 5 rings (SSSR count). The van der Waals surface area contributed by atoms with E-state index in [-0.39, 0.29) is 12.5 Å². The Morgan fingerprint density at radius 1 is 0.857 bits per heavy atom. The second kappa shape index (κ2) is 9.02. The SMILES string of the molecule is CC(C(=O)N(C)Cc1cn(-c2ccccc2)nc1-c1ccccc1)N1C(=O)c2ccccc2C1=O. The van der Waals surface area contributed by atoms with Crippen molar-refractivity contribution < 1.29 is 14.4 Å². The van der Waals surface area contributed by atoms with Gasteiger partial charge in [-0.05, 0) is 31.2 Å². The van der Waals surface area contributed by atoms with E-state index in [1.54, 1.807) is 42.9 Å². The maximum atomic E-state index is 13.4. The number of benzene rings is 3. The fourth-order valence-corrected chi connectivity index (χ4v) is 4.40. The average molecular weight is 465 g/mol. The van der Waals surface area contributed by atoms with E-state index in [0.717, 1.165) is 27.4 Å². The van der Waals surface area contributed by atoms with Gasteiger partial charge in [0.1, 0.15) is 6.04 Å². The molecule has 3 amide bonds. The summed E-state index contributed by atoms with van der Waals surface area (Å²) in [6.45, 7) is 1.86. The number of aromatic nitrogens is 2. The van der Waals surface area contributed by atoms with Crippen LogP contribution in [0.2, 0.25) is 0 Å². The van der Waals surface area contributed by atoms with Crippen molar-refractivity contribution in [1.82, 2.24) is 19.6 Å². The topological polar surface area (TPSA) is 75.5 Å². The zero-order valence-corrected chi connectivity index (χ0v) is 19.5. The predicted octanol–water partition coefficient (Wildman–Crippen LogP) is 4.18. The van der Waals surface area contributed by atoms with Crippen molar-refractivity contribution in [3.8, 4) is 16.9 Å². The first kappa shape index (κ1) is 22.3. The third-order valence-corrected chi connectivity index (χ3v) is 6.21. The Morgan fingerprint density at radius 2 is 1.40 bits per heavy atom. The van der Waals surface area contributed by atoms with E-state index in [9.17, 15) is 14.4 Å². The van der Waals surface area contributed by atoms with Crippen LogP contribution in [0.4, 0.5) is 0 Å². The van der Waals surface area contributed by atoms with E-state index in [4.69, 9.17) is 5.10 Å². The minimum Gasteiger partial charge on any atom is -0.339 e. The number of fused-ring (bicyclic) bond motifs is 1. The van der Waals surface area contributed by atoms with Crippen LogP contribution in [0, 0.1) is 0 Å². The Kier molecular flexibility index (Phi) is 5.74. The van der Waals surface area contributed by atoms with E-state index in [1.807, 2.05) is 66.9 Å². The van der Waals surface area contributed by atoms with Crippen LogP contribution in [0.15, 0.2) is 91.1 Å². The lowest BCUT2D eigenvalue weighted by Crippen LogP contribution is -2.48. The molecule has 0 aliphatic carbocycles. The van der Waals surface area contributed by atoms with Crippen molar-refractivity contribution in [2.24, 2.45) is 0 Å². The number of para-hydroxylation sites is 1. The Bertz CT molecular complexity index is 1380. The first-order valence-electron chi connectivity index (χ1n) is 11.4. The molecule has 1 aliphatic rings.